The number of carbonyl (C=O) groups is 1. The number of methoxy groups -OCH3 is 1. The standard InChI is InChI=1S/C19H23N3O2/c1-14-12-20-13-16(21-14)19(23)22-10-6-9-18(24-2)17(22)11-15-7-4-3-5-8-15/h3-5,7-8,12-13,17-18H,6,9-11H2,1-2H3/t17-,18-/m0/s1. The van der Waals surface area contributed by atoms with Gasteiger partial charge in [0.25, 0.3) is 5.91 Å². The van der Waals surface area contributed by atoms with Crippen LogP contribution in [0.2, 0.25) is 0 Å². The maximum atomic E-state index is 13.0. The van der Waals surface area contributed by atoms with Crippen LogP contribution in [0.1, 0.15) is 34.6 Å². The monoisotopic (exact) mass is 325 g/mol. The molecule has 1 fully saturated rings. The van der Waals surface area contributed by atoms with Crippen molar-refractivity contribution < 1.29 is 9.53 Å². The van der Waals surface area contributed by atoms with Crippen molar-refractivity contribution in [2.75, 3.05) is 13.7 Å². The molecule has 1 aromatic carbocycles. The smallest absolute Gasteiger partial charge is 0.274 e. The minimum absolute atomic E-state index is 0.0148. The zero-order valence-corrected chi connectivity index (χ0v) is 14.2. The predicted molar refractivity (Wildman–Crippen MR) is 91.8 cm³/mol. The molecule has 2 atom stereocenters. The Morgan fingerprint density at radius 3 is 2.79 bits per heavy atom. The lowest BCUT2D eigenvalue weighted by Crippen LogP contribution is -2.52. The van der Waals surface area contributed by atoms with Gasteiger partial charge in [0, 0.05) is 19.9 Å². The van der Waals surface area contributed by atoms with E-state index in [2.05, 4.69) is 22.1 Å². The summed E-state index contributed by atoms with van der Waals surface area (Å²) in [6, 6.07) is 10.3. The minimum atomic E-state index is -0.0612. The van der Waals surface area contributed by atoms with E-state index in [1.807, 2.05) is 30.0 Å². The van der Waals surface area contributed by atoms with Crippen molar-refractivity contribution >= 4 is 5.91 Å². The molecule has 0 N–H and O–H groups in total. The molecule has 0 aliphatic carbocycles. The highest BCUT2D eigenvalue weighted by Gasteiger charge is 2.35. The number of hydrogen-bond donors (Lipinski definition) is 0. The molecule has 5 heteroatoms. The fourth-order valence-electron chi connectivity index (χ4n) is 3.36. The van der Waals surface area contributed by atoms with Crippen LogP contribution in [0.4, 0.5) is 0 Å². The summed E-state index contributed by atoms with van der Waals surface area (Å²) in [4.78, 5) is 23.3. The summed E-state index contributed by atoms with van der Waals surface area (Å²) >= 11 is 0. The molecule has 126 valence electrons. The molecule has 5 nitrogen and oxygen atoms in total. The molecule has 24 heavy (non-hydrogen) atoms. The number of nitrogens with zero attached hydrogens (tertiary/aromatic N) is 3. The van der Waals surface area contributed by atoms with Crippen LogP contribution in [0.25, 0.3) is 0 Å². The van der Waals surface area contributed by atoms with Crippen molar-refractivity contribution in [1.82, 2.24) is 14.9 Å². The van der Waals surface area contributed by atoms with Crippen LogP contribution in [-0.4, -0.2) is 46.6 Å². The highest BCUT2D eigenvalue weighted by atomic mass is 16.5. The van der Waals surface area contributed by atoms with Gasteiger partial charge in [-0.2, -0.15) is 0 Å². The summed E-state index contributed by atoms with van der Waals surface area (Å²) < 4.78 is 5.69. The molecule has 1 aliphatic rings. The summed E-state index contributed by atoms with van der Waals surface area (Å²) in [5.41, 5.74) is 2.37. The number of benzene rings is 1. The number of amides is 1. The van der Waals surface area contributed by atoms with Gasteiger partial charge in [-0.05, 0) is 31.7 Å². The van der Waals surface area contributed by atoms with Gasteiger partial charge < -0.3 is 9.64 Å². The summed E-state index contributed by atoms with van der Waals surface area (Å²) in [5.74, 6) is -0.0612. The van der Waals surface area contributed by atoms with Gasteiger partial charge in [0.1, 0.15) is 5.69 Å². The van der Waals surface area contributed by atoms with E-state index in [0.29, 0.717) is 5.69 Å². The first-order valence-electron chi connectivity index (χ1n) is 8.35. The number of rotatable bonds is 4. The van der Waals surface area contributed by atoms with E-state index in [1.54, 1.807) is 19.5 Å². The third-order valence-electron chi connectivity index (χ3n) is 4.54. The van der Waals surface area contributed by atoms with Gasteiger partial charge in [-0.25, -0.2) is 4.98 Å². The number of carbonyl (C=O) groups excluding carboxylic acids is 1. The number of aromatic nitrogens is 2. The van der Waals surface area contributed by atoms with Crippen LogP contribution in [-0.2, 0) is 11.2 Å². The van der Waals surface area contributed by atoms with Crippen LogP contribution in [0.15, 0.2) is 42.7 Å². The number of likely N-dealkylation sites (tertiary alicyclic amines) is 1. The summed E-state index contributed by atoms with van der Waals surface area (Å²) in [5, 5.41) is 0. The number of ether oxygens (including phenoxy) is 1. The molecule has 2 heterocycles. The van der Waals surface area contributed by atoms with Crippen LogP contribution >= 0.6 is 0 Å². The van der Waals surface area contributed by atoms with Crippen LogP contribution in [0, 0.1) is 6.92 Å². The molecule has 1 saturated heterocycles. The van der Waals surface area contributed by atoms with Gasteiger partial charge in [-0.1, -0.05) is 30.3 Å². The van der Waals surface area contributed by atoms with Gasteiger partial charge >= 0.3 is 0 Å². The van der Waals surface area contributed by atoms with Crippen molar-refractivity contribution in [1.29, 1.82) is 0 Å². The average Bonchev–Trinajstić information content (AvgIpc) is 2.62. The Kier molecular flexibility index (Phi) is 5.20. The molecule has 1 aromatic heterocycles. The Labute approximate surface area is 142 Å². The van der Waals surface area contributed by atoms with Crippen molar-refractivity contribution in [3.05, 3.63) is 59.7 Å². The van der Waals surface area contributed by atoms with E-state index < -0.39 is 0 Å². The van der Waals surface area contributed by atoms with E-state index >= 15 is 0 Å². The third-order valence-corrected chi connectivity index (χ3v) is 4.54. The fraction of sp³-hybridized carbons (Fsp3) is 0.421. The maximum Gasteiger partial charge on any atom is 0.274 e. The second-order valence-electron chi connectivity index (χ2n) is 6.22. The molecule has 1 amide bonds. The molecular formula is C19H23N3O2. The molecular weight excluding hydrogens is 302 g/mol. The Morgan fingerprint density at radius 1 is 1.29 bits per heavy atom. The molecule has 0 bridgehead atoms. The van der Waals surface area contributed by atoms with Crippen molar-refractivity contribution in [3.63, 3.8) is 0 Å². The maximum absolute atomic E-state index is 13.0. The molecule has 2 aromatic rings. The van der Waals surface area contributed by atoms with E-state index in [0.717, 1.165) is 31.5 Å². The minimum Gasteiger partial charge on any atom is -0.379 e. The SMILES string of the molecule is CO[C@H]1CCCN(C(=O)c2cncc(C)n2)[C@H]1Cc1ccccc1. The number of aryl methyl sites for hydroxylation is 1. The van der Waals surface area contributed by atoms with E-state index in [9.17, 15) is 4.79 Å². The van der Waals surface area contributed by atoms with E-state index in [1.165, 1.54) is 5.56 Å². The Morgan fingerprint density at radius 2 is 2.08 bits per heavy atom. The molecule has 0 radical (unpaired) electrons. The van der Waals surface area contributed by atoms with Crippen LogP contribution in [0.3, 0.4) is 0 Å². The van der Waals surface area contributed by atoms with E-state index in [4.69, 9.17) is 4.74 Å². The van der Waals surface area contributed by atoms with Gasteiger partial charge in [0.15, 0.2) is 0 Å². The molecule has 0 spiro atoms. The first-order valence-corrected chi connectivity index (χ1v) is 8.35. The van der Waals surface area contributed by atoms with Crippen molar-refractivity contribution in [3.8, 4) is 0 Å². The summed E-state index contributed by atoms with van der Waals surface area (Å²) in [6.07, 6.45) is 5.94. The highest BCUT2D eigenvalue weighted by Crippen LogP contribution is 2.25. The Balaban J connectivity index is 1.86. The first kappa shape index (κ1) is 16.6. The highest BCUT2D eigenvalue weighted by molar-refractivity contribution is 5.92. The summed E-state index contributed by atoms with van der Waals surface area (Å²) in [7, 11) is 1.73. The first-order chi connectivity index (χ1) is 11.7. The zero-order valence-electron chi connectivity index (χ0n) is 14.2. The molecule has 3 rings (SSSR count). The third kappa shape index (κ3) is 3.62. The lowest BCUT2D eigenvalue weighted by molar-refractivity contribution is -0.0120. The Bertz CT molecular complexity index is 690. The second-order valence-corrected chi connectivity index (χ2v) is 6.22. The topological polar surface area (TPSA) is 55.3 Å². The largest absolute Gasteiger partial charge is 0.379 e. The second kappa shape index (κ2) is 7.53. The van der Waals surface area contributed by atoms with Gasteiger partial charge in [0.2, 0.25) is 0 Å². The van der Waals surface area contributed by atoms with Crippen molar-refractivity contribution in [2.24, 2.45) is 0 Å². The summed E-state index contributed by atoms with van der Waals surface area (Å²) in [6.45, 7) is 2.57. The molecule has 0 saturated carbocycles. The molecule has 1 aliphatic heterocycles. The van der Waals surface area contributed by atoms with Crippen LogP contribution in [0.5, 0.6) is 0 Å². The fourth-order valence-corrected chi connectivity index (χ4v) is 3.36. The van der Waals surface area contributed by atoms with Crippen molar-refractivity contribution in [2.45, 2.75) is 38.3 Å². The normalized spacial score (nSPS) is 20.8. The van der Waals surface area contributed by atoms with Gasteiger partial charge in [0.05, 0.1) is 24.0 Å². The predicted octanol–water partition coefficient (Wildman–Crippen LogP) is 2.65. The average molecular weight is 325 g/mol. The lowest BCUT2D eigenvalue weighted by atomic mass is 9.92. The van der Waals surface area contributed by atoms with Crippen LogP contribution < -0.4 is 0 Å². The van der Waals surface area contributed by atoms with Gasteiger partial charge in [-0.3, -0.25) is 9.78 Å². The quantitative estimate of drug-likeness (QED) is 0.867. The van der Waals surface area contributed by atoms with Gasteiger partial charge in [-0.15, -0.1) is 0 Å². The molecule has 0 unspecified atom stereocenters. The Hall–Kier alpha value is -2.27. The number of piperidine rings is 1. The number of hydrogen-bond acceptors (Lipinski definition) is 4. The van der Waals surface area contributed by atoms with E-state index in [-0.39, 0.29) is 18.1 Å². The lowest BCUT2D eigenvalue weighted by Gasteiger charge is -2.40. The zero-order chi connectivity index (χ0) is 16.9.